The summed E-state index contributed by atoms with van der Waals surface area (Å²) in [5, 5.41) is 15.1. The maximum Gasteiger partial charge on any atom is 0.353 e. The van der Waals surface area contributed by atoms with Crippen LogP contribution in [0.3, 0.4) is 0 Å². The zero-order valence-corrected chi connectivity index (χ0v) is 17.0. The maximum absolute atomic E-state index is 11.9. The number of anilines is 3. The van der Waals surface area contributed by atoms with E-state index in [1.165, 1.54) is 0 Å². The molecule has 0 amide bonds. The molecule has 0 saturated heterocycles. The van der Waals surface area contributed by atoms with Crippen molar-refractivity contribution in [3.05, 3.63) is 39.0 Å². The van der Waals surface area contributed by atoms with Crippen LogP contribution in [0.2, 0.25) is 0 Å². The van der Waals surface area contributed by atoms with Gasteiger partial charge in [-0.25, -0.2) is 9.97 Å². The highest BCUT2D eigenvalue weighted by Gasteiger charge is 2.28. The molecule has 2 heterocycles. The molecule has 146 valence electrons. The number of nitrogens with one attached hydrogen (secondary N) is 1. The minimum atomic E-state index is -0.405. The van der Waals surface area contributed by atoms with Gasteiger partial charge in [0.1, 0.15) is 5.82 Å². The largest absolute Gasteiger partial charge is 0.353 e. The highest BCUT2D eigenvalue weighted by molar-refractivity contribution is 5.76. The molecule has 2 aromatic heterocycles. The number of aromatic nitrogens is 3. The summed E-state index contributed by atoms with van der Waals surface area (Å²) in [6.07, 6.45) is 1.95. The molecule has 8 nitrogen and oxygen atoms in total. The van der Waals surface area contributed by atoms with E-state index in [1.54, 1.807) is 6.92 Å². The first-order valence-electron chi connectivity index (χ1n) is 9.28. The Balaban J connectivity index is 2.58. The average molecular weight is 372 g/mol. The van der Waals surface area contributed by atoms with Gasteiger partial charge in [-0.15, -0.1) is 0 Å². The highest BCUT2D eigenvalue weighted by Crippen LogP contribution is 2.35. The average Bonchev–Trinajstić information content (AvgIpc) is 2.58. The minimum absolute atomic E-state index is 0.0991. The van der Waals surface area contributed by atoms with Crippen LogP contribution < -0.4 is 10.2 Å². The number of aryl methyl sites for hydroxylation is 4. The molecule has 2 aromatic rings. The van der Waals surface area contributed by atoms with Gasteiger partial charge in [0.05, 0.1) is 16.3 Å². The molecule has 0 spiro atoms. The Labute approximate surface area is 160 Å². The zero-order valence-electron chi connectivity index (χ0n) is 17.0. The molecule has 2 rings (SSSR count). The molecule has 0 aromatic carbocycles. The third-order valence-corrected chi connectivity index (χ3v) is 4.39. The third kappa shape index (κ3) is 4.69. The van der Waals surface area contributed by atoms with Crippen LogP contribution in [0.25, 0.3) is 0 Å². The summed E-state index contributed by atoms with van der Waals surface area (Å²) < 4.78 is 0. The standard InChI is InChI=1S/C19H28N6O2/c1-7-9-10-24(8-2)19-17(25(26)27)18(21-15(6)22-19)23-16-12(3)11-13(4)20-14(16)5/h11H,7-10H2,1-6H3,(H,21,22,23). The van der Waals surface area contributed by atoms with Gasteiger partial charge in [-0.2, -0.15) is 0 Å². The highest BCUT2D eigenvalue weighted by atomic mass is 16.6. The predicted molar refractivity (Wildman–Crippen MR) is 108 cm³/mol. The Morgan fingerprint density at radius 1 is 1.15 bits per heavy atom. The fourth-order valence-corrected chi connectivity index (χ4v) is 3.12. The van der Waals surface area contributed by atoms with Gasteiger partial charge in [-0.1, -0.05) is 13.3 Å². The fraction of sp³-hybridized carbons (Fsp3) is 0.526. The molecule has 0 radical (unpaired) electrons. The summed E-state index contributed by atoms with van der Waals surface area (Å²) in [4.78, 5) is 26.6. The van der Waals surface area contributed by atoms with Crippen molar-refractivity contribution >= 4 is 23.0 Å². The summed E-state index contributed by atoms with van der Waals surface area (Å²) in [7, 11) is 0. The van der Waals surface area contributed by atoms with E-state index >= 15 is 0 Å². The topological polar surface area (TPSA) is 97.1 Å². The van der Waals surface area contributed by atoms with Gasteiger partial charge in [0, 0.05) is 18.8 Å². The van der Waals surface area contributed by atoms with Crippen molar-refractivity contribution in [1.29, 1.82) is 0 Å². The normalized spacial score (nSPS) is 10.7. The van der Waals surface area contributed by atoms with E-state index in [-0.39, 0.29) is 11.5 Å². The van der Waals surface area contributed by atoms with Crippen molar-refractivity contribution in [2.75, 3.05) is 23.3 Å². The summed E-state index contributed by atoms with van der Waals surface area (Å²) in [6.45, 7) is 12.9. The minimum Gasteiger partial charge on any atom is -0.351 e. The molecule has 27 heavy (non-hydrogen) atoms. The first kappa shape index (κ1) is 20.5. The van der Waals surface area contributed by atoms with Gasteiger partial charge in [0.2, 0.25) is 11.6 Å². The lowest BCUT2D eigenvalue weighted by atomic mass is 10.1. The molecule has 0 aliphatic carbocycles. The van der Waals surface area contributed by atoms with Crippen molar-refractivity contribution in [3.63, 3.8) is 0 Å². The van der Waals surface area contributed by atoms with Crippen molar-refractivity contribution in [2.45, 2.75) is 54.4 Å². The van der Waals surface area contributed by atoms with E-state index in [0.29, 0.717) is 24.7 Å². The van der Waals surface area contributed by atoms with Crippen LogP contribution in [-0.2, 0) is 0 Å². The first-order valence-corrected chi connectivity index (χ1v) is 9.28. The fourth-order valence-electron chi connectivity index (χ4n) is 3.12. The van der Waals surface area contributed by atoms with Gasteiger partial charge in [0.25, 0.3) is 0 Å². The zero-order chi connectivity index (χ0) is 20.1. The number of unbranched alkanes of at least 4 members (excludes halogenated alkanes) is 1. The van der Waals surface area contributed by atoms with Gasteiger partial charge >= 0.3 is 5.69 Å². The van der Waals surface area contributed by atoms with Crippen molar-refractivity contribution in [3.8, 4) is 0 Å². The Bertz CT molecular complexity index is 814. The lowest BCUT2D eigenvalue weighted by molar-refractivity contribution is -0.383. The van der Waals surface area contributed by atoms with E-state index < -0.39 is 4.92 Å². The van der Waals surface area contributed by atoms with Crippen LogP contribution in [-0.4, -0.2) is 33.0 Å². The second-order valence-corrected chi connectivity index (χ2v) is 6.65. The number of rotatable bonds is 8. The van der Waals surface area contributed by atoms with Gasteiger partial charge in [0.15, 0.2) is 0 Å². The maximum atomic E-state index is 11.9. The smallest absolute Gasteiger partial charge is 0.351 e. The van der Waals surface area contributed by atoms with Crippen LogP contribution in [0.1, 0.15) is 49.5 Å². The molecular weight excluding hydrogens is 344 g/mol. The number of hydrogen-bond donors (Lipinski definition) is 1. The van der Waals surface area contributed by atoms with Crippen LogP contribution in [0.5, 0.6) is 0 Å². The summed E-state index contributed by atoms with van der Waals surface area (Å²) in [5.41, 5.74) is 3.28. The van der Waals surface area contributed by atoms with Crippen molar-refractivity contribution in [2.24, 2.45) is 0 Å². The first-order chi connectivity index (χ1) is 12.8. The SMILES string of the molecule is CCCCN(CC)c1nc(C)nc(Nc2c(C)cc(C)nc2C)c1[N+](=O)[O-]. The van der Waals surface area contributed by atoms with E-state index in [0.717, 1.165) is 35.5 Å². The third-order valence-electron chi connectivity index (χ3n) is 4.39. The van der Waals surface area contributed by atoms with Crippen LogP contribution in [0, 0.1) is 37.8 Å². The Morgan fingerprint density at radius 2 is 1.85 bits per heavy atom. The summed E-state index contributed by atoms with van der Waals surface area (Å²) in [6, 6.07) is 1.94. The summed E-state index contributed by atoms with van der Waals surface area (Å²) >= 11 is 0. The quantitative estimate of drug-likeness (QED) is 0.542. The van der Waals surface area contributed by atoms with Gasteiger partial charge in [-0.05, 0) is 52.7 Å². The number of nitro groups is 1. The summed E-state index contributed by atoms with van der Waals surface area (Å²) in [5.74, 6) is 1.05. The van der Waals surface area contributed by atoms with E-state index in [4.69, 9.17) is 0 Å². The molecule has 0 unspecified atom stereocenters. The predicted octanol–water partition coefficient (Wildman–Crippen LogP) is 4.38. The van der Waals surface area contributed by atoms with Gasteiger partial charge < -0.3 is 10.2 Å². The molecular formula is C19H28N6O2. The van der Waals surface area contributed by atoms with Crippen LogP contribution in [0.15, 0.2) is 6.07 Å². The van der Waals surface area contributed by atoms with Crippen molar-refractivity contribution in [1.82, 2.24) is 15.0 Å². The van der Waals surface area contributed by atoms with E-state index in [1.807, 2.05) is 38.7 Å². The Hall–Kier alpha value is -2.77. The monoisotopic (exact) mass is 372 g/mol. The molecule has 0 bridgehead atoms. The van der Waals surface area contributed by atoms with Crippen molar-refractivity contribution < 1.29 is 4.92 Å². The van der Waals surface area contributed by atoms with Gasteiger partial charge in [-0.3, -0.25) is 15.1 Å². The molecule has 0 saturated carbocycles. The molecule has 0 aliphatic heterocycles. The molecule has 0 atom stereocenters. The molecule has 1 N–H and O–H groups in total. The second kappa shape index (κ2) is 8.75. The van der Waals surface area contributed by atoms with E-state index in [9.17, 15) is 10.1 Å². The molecule has 8 heteroatoms. The lowest BCUT2D eigenvalue weighted by Crippen LogP contribution is -2.26. The van der Waals surface area contributed by atoms with Crippen LogP contribution in [0.4, 0.5) is 23.0 Å². The van der Waals surface area contributed by atoms with E-state index in [2.05, 4.69) is 27.2 Å². The second-order valence-electron chi connectivity index (χ2n) is 6.65. The van der Waals surface area contributed by atoms with Crippen LogP contribution >= 0.6 is 0 Å². The molecule has 0 aliphatic rings. The number of pyridine rings is 1. The lowest BCUT2D eigenvalue weighted by Gasteiger charge is -2.23. The Kier molecular flexibility index (Phi) is 6.65. The Morgan fingerprint density at radius 3 is 2.41 bits per heavy atom. The number of hydrogen-bond acceptors (Lipinski definition) is 7. The molecule has 0 fully saturated rings. The number of nitrogens with zero attached hydrogens (tertiary/aromatic N) is 5.